The highest BCUT2D eigenvalue weighted by Crippen LogP contribution is 2.21. The van der Waals surface area contributed by atoms with Crippen molar-refractivity contribution >= 4 is 11.7 Å². The van der Waals surface area contributed by atoms with Crippen molar-refractivity contribution in [3.63, 3.8) is 0 Å². The van der Waals surface area contributed by atoms with Gasteiger partial charge in [0.05, 0.1) is 12.6 Å². The van der Waals surface area contributed by atoms with Crippen LogP contribution in [0, 0.1) is 0 Å². The van der Waals surface area contributed by atoms with E-state index < -0.39 is 0 Å². The van der Waals surface area contributed by atoms with Crippen molar-refractivity contribution in [3.05, 3.63) is 23.4 Å². The fourth-order valence-corrected chi connectivity index (χ4v) is 2.69. The second kappa shape index (κ2) is 7.41. The van der Waals surface area contributed by atoms with E-state index in [1.54, 1.807) is 4.90 Å². The summed E-state index contributed by atoms with van der Waals surface area (Å²) in [6.45, 7) is 5.74. The maximum absolute atomic E-state index is 12.7. The standard InChI is InChI=1S/C16H25N3O2/c1-3-7-17-15-10-12(9-13(4-2)18-15)16(21)19-8-5-6-14(19)11-20/h9-10,14,20H,3-8,11H2,1-2H3,(H,17,18). The summed E-state index contributed by atoms with van der Waals surface area (Å²) < 4.78 is 0. The molecule has 1 saturated heterocycles. The third kappa shape index (κ3) is 3.73. The molecule has 0 saturated carbocycles. The van der Waals surface area contributed by atoms with Gasteiger partial charge in [-0.3, -0.25) is 4.79 Å². The molecule has 5 nitrogen and oxygen atoms in total. The Bertz CT molecular complexity index is 490. The fourth-order valence-electron chi connectivity index (χ4n) is 2.69. The van der Waals surface area contributed by atoms with E-state index in [1.807, 2.05) is 19.1 Å². The number of rotatable bonds is 6. The minimum absolute atomic E-state index is 0.00296. The molecule has 1 unspecified atom stereocenters. The van der Waals surface area contributed by atoms with Crippen molar-refractivity contribution in [3.8, 4) is 0 Å². The summed E-state index contributed by atoms with van der Waals surface area (Å²) in [5, 5.41) is 12.6. The molecule has 5 heteroatoms. The molecule has 1 atom stereocenters. The van der Waals surface area contributed by atoms with Gasteiger partial charge >= 0.3 is 0 Å². The Morgan fingerprint density at radius 3 is 2.95 bits per heavy atom. The Balaban J connectivity index is 2.22. The average Bonchev–Trinajstić information content (AvgIpc) is 3.00. The zero-order valence-electron chi connectivity index (χ0n) is 12.9. The molecule has 0 radical (unpaired) electrons. The molecule has 0 aromatic carbocycles. The van der Waals surface area contributed by atoms with Gasteiger partial charge in [-0.1, -0.05) is 13.8 Å². The van der Waals surface area contributed by atoms with Crippen molar-refractivity contribution in [2.24, 2.45) is 0 Å². The lowest BCUT2D eigenvalue weighted by atomic mass is 10.1. The minimum Gasteiger partial charge on any atom is -0.394 e. The van der Waals surface area contributed by atoms with Crippen LogP contribution >= 0.6 is 0 Å². The van der Waals surface area contributed by atoms with Crippen LogP contribution in [0.5, 0.6) is 0 Å². The van der Waals surface area contributed by atoms with Crippen molar-refractivity contribution in [1.82, 2.24) is 9.88 Å². The number of aliphatic hydroxyl groups is 1. The molecular weight excluding hydrogens is 266 g/mol. The van der Waals surface area contributed by atoms with Gasteiger partial charge in [0.2, 0.25) is 0 Å². The average molecular weight is 291 g/mol. The van der Waals surface area contributed by atoms with Gasteiger partial charge in [0, 0.05) is 24.3 Å². The molecule has 21 heavy (non-hydrogen) atoms. The largest absolute Gasteiger partial charge is 0.394 e. The molecule has 0 bridgehead atoms. The first kappa shape index (κ1) is 15.8. The molecule has 116 valence electrons. The van der Waals surface area contributed by atoms with Gasteiger partial charge in [-0.2, -0.15) is 0 Å². The Labute approximate surface area is 126 Å². The van der Waals surface area contributed by atoms with Gasteiger partial charge in [-0.05, 0) is 37.8 Å². The first-order valence-electron chi connectivity index (χ1n) is 7.86. The number of aromatic nitrogens is 1. The lowest BCUT2D eigenvalue weighted by Crippen LogP contribution is -2.37. The number of carbonyl (C=O) groups excluding carboxylic acids is 1. The van der Waals surface area contributed by atoms with E-state index in [-0.39, 0.29) is 18.6 Å². The number of hydrogen-bond donors (Lipinski definition) is 2. The number of nitrogens with one attached hydrogen (secondary N) is 1. The van der Waals surface area contributed by atoms with Crippen LogP contribution in [0.2, 0.25) is 0 Å². The zero-order chi connectivity index (χ0) is 15.2. The number of aryl methyl sites for hydroxylation is 1. The van der Waals surface area contributed by atoms with Crippen molar-refractivity contribution in [2.75, 3.05) is 25.0 Å². The highest BCUT2D eigenvalue weighted by atomic mass is 16.3. The summed E-state index contributed by atoms with van der Waals surface area (Å²) in [5.74, 6) is 0.766. The normalized spacial score (nSPS) is 18.0. The third-order valence-electron chi connectivity index (χ3n) is 3.89. The molecule has 1 fully saturated rings. The van der Waals surface area contributed by atoms with Crippen molar-refractivity contribution in [1.29, 1.82) is 0 Å². The van der Waals surface area contributed by atoms with E-state index in [4.69, 9.17) is 0 Å². The zero-order valence-corrected chi connectivity index (χ0v) is 12.9. The Kier molecular flexibility index (Phi) is 5.56. The number of aliphatic hydroxyl groups excluding tert-OH is 1. The van der Waals surface area contributed by atoms with E-state index in [0.717, 1.165) is 50.3 Å². The molecule has 2 heterocycles. The van der Waals surface area contributed by atoms with Crippen LogP contribution in [-0.4, -0.2) is 46.6 Å². The molecule has 1 aromatic rings. The Morgan fingerprint density at radius 2 is 2.29 bits per heavy atom. The highest BCUT2D eigenvalue weighted by Gasteiger charge is 2.29. The molecule has 0 aliphatic carbocycles. The van der Waals surface area contributed by atoms with E-state index >= 15 is 0 Å². The van der Waals surface area contributed by atoms with Crippen LogP contribution in [0.3, 0.4) is 0 Å². The number of anilines is 1. The second-order valence-electron chi connectivity index (χ2n) is 5.49. The summed E-state index contributed by atoms with van der Waals surface area (Å²) in [6, 6.07) is 3.65. The molecule has 2 rings (SSSR count). The van der Waals surface area contributed by atoms with E-state index in [9.17, 15) is 9.90 Å². The summed E-state index contributed by atoms with van der Waals surface area (Å²) in [4.78, 5) is 19.0. The molecule has 1 aliphatic heterocycles. The van der Waals surface area contributed by atoms with Crippen LogP contribution in [0.25, 0.3) is 0 Å². The number of likely N-dealkylation sites (tertiary alicyclic amines) is 1. The SMILES string of the molecule is CCCNc1cc(C(=O)N2CCCC2CO)cc(CC)n1. The quantitative estimate of drug-likeness (QED) is 0.842. The first-order valence-corrected chi connectivity index (χ1v) is 7.86. The highest BCUT2D eigenvalue weighted by molar-refractivity contribution is 5.95. The summed E-state index contributed by atoms with van der Waals surface area (Å²) in [7, 11) is 0. The summed E-state index contributed by atoms with van der Waals surface area (Å²) in [6.07, 6.45) is 3.66. The van der Waals surface area contributed by atoms with E-state index in [0.29, 0.717) is 5.56 Å². The topological polar surface area (TPSA) is 65.5 Å². The molecule has 1 aromatic heterocycles. The number of hydrogen-bond acceptors (Lipinski definition) is 4. The molecule has 0 spiro atoms. The lowest BCUT2D eigenvalue weighted by Gasteiger charge is -2.23. The van der Waals surface area contributed by atoms with E-state index in [2.05, 4.69) is 17.2 Å². The number of carbonyl (C=O) groups is 1. The number of amides is 1. The molecular formula is C16H25N3O2. The second-order valence-corrected chi connectivity index (χ2v) is 5.49. The minimum atomic E-state index is -0.0391. The molecule has 1 amide bonds. The molecule has 2 N–H and O–H groups in total. The van der Waals surface area contributed by atoms with Gasteiger partial charge in [-0.15, -0.1) is 0 Å². The maximum Gasteiger partial charge on any atom is 0.254 e. The summed E-state index contributed by atoms with van der Waals surface area (Å²) in [5.41, 5.74) is 1.58. The van der Waals surface area contributed by atoms with Crippen LogP contribution in [0.4, 0.5) is 5.82 Å². The van der Waals surface area contributed by atoms with Gasteiger partial charge < -0.3 is 15.3 Å². The van der Waals surface area contributed by atoms with Crippen molar-refractivity contribution in [2.45, 2.75) is 45.6 Å². The Morgan fingerprint density at radius 1 is 1.48 bits per heavy atom. The van der Waals surface area contributed by atoms with Crippen LogP contribution in [-0.2, 0) is 6.42 Å². The summed E-state index contributed by atoms with van der Waals surface area (Å²) >= 11 is 0. The van der Waals surface area contributed by atoms with E-state index in [1.165, 1.54) is 0 Å². The number of pyridine rings is 1. The molecule has 1 aliphatic rings. The fraction of sp³-hybridized carbons (Fsp3) is 0.625. The maximum atomic E-state index is 12.7. The van der Waals surface area contributed by atoms with Gasteiger partial charge in [0.25, 0.3) is 5.91 Å². The smallest absolute Gasteiger partial charge is 0.254 e. The number of nitrogens with zero attached hydrogens (tertiary/aromatic N) is 2. The van der Waals surface area contributed by atoms with Crippen LogP contribution in [0.1, 0.15) is 49.2 Å². The van der Waals surface area contributed by atoms with Gasteiger partial charge in [0.1, 0.15) is 5.82 Å². The lowest BCUT2D eigenvalue weighted by molar-refractivity contribution is 0.0677. The van der Waals surface area contributed by atoms with Gasteiger partial charge in [0.15, 0.2) is 0 Å². The Hall–Kier alpha value is -1.62. The predicted octanol–water partition coefficient (Wildman–Crippen LogP) is 2.06. The third-order valence-corrected chi connectivity index (χ3v) is 3.89. The predicted molar refractivity (Wildman–Crippen MR) is 83.5 cm³/mol. The first-order chi connectivity index (χ1) is 10.2. The monoisotopic (exact) mass is 291 g/mol. The van der Waals surface area contributed by atoms with Crippen LogP contribution in [0.15, 0.2) is 12.1 Å². The van der Waals surface area contributed by atoms with Gasteiger partial charge in [-0.25, -0.2) is 4.98 Å². The van der Waals surface area contributed by atoms with Crippen molar-refractivity contribution < 1.29 is 9.90 Å². The van der Waals surface area contributed by atoms with Crippen LogP contribution < -0.4 is 5.32 Å².